The zero-order valence-corrected chi connectivity index (χ0v) is 15.6. The molecule has 0 atom stereocenters. The molecule has 1 aromatic heterocycles. The van der Waals surface area contributed by atoms with Gasteiger partial charge < -0.3 is 10.1 Å². The average Bonchev–Trinajstić information content (AvgIpc) is 2.69. The molecule has 1 saturated carbocycles. The van der Waals surface area contributed by atoms with Crippen molar-refractivity contribution in [3.8, 4) is 6.07 Å². The van der Waals surface area contributed by atoms with Crippen molar-refractivity contribution in [2.45, 2.75) is 37.6 Å². The highest BCUT2D eigenvalue weighted by molar-refractivity contribution is 5.51. The summed E-state index contributed by atoms with van der Waals surface area (Å²) in [4.78, 5) is 27.0. The van der Waals surface area contributed by atoms with Crippen molar-refractivity contribution in [2.75, 3.05) is 38.2 Å². The number of anilines is 1. The van der Waals surface area contributed by atoms with Gasteiger partial charge in [-0.3, -0.25) is 18.8 Å². The third kappa shape index (κ3) is 3.29. The Morgan fingerprint density at radius 2 is 1.77 bits per heavy atom. The fraction of sp³-hybridized carbons (Fsp3) is 0.722. The lowest BCUT2D eigenvalue weighted by Crippen LogP contribution is -2.58. The molecule has 0 unspecified atom stereocenters. The van der Waals surface area contributed by atoms with Crippen LogP contribution in [0.4, 0.5) is 5.82 Å². The van der Waals surface area contributed by atoms with Gasteiger partial charge in [0.05, 0.1) is 13.2 Å². The normalized spacial score (nSPS) is 20.5. The van der Waals surface area contributed by atoms with Crippen molar-refractivity contribution in [3.05, 3.63) is 26.4 Å². The van der Waals surface area contributed by atoms with E-state index in [9.17, 15) is 14.9 Å². The lowest BCUT2D eigenvalue weighted by Gasteiger charge is -2.48. The van der Waals surface area contributed by atoms with Gasteiger partial charge in [-0.05, 0) is 12.8 Å². The summed E-state index contributed by atoms with van der Waals surface area (Å²) in [5, 5.41) is 12.7. The molecule has 2 heterocycles. The SMILES string of the molecule is Cn1c(NCC2(N3CCOCC3)CCCCC2)c(C#N)c(=O)n(C)c1=O. The van der Waals surface area contributed by atoms with E-state index in [1.165, 1.54) is 30.9 Å². The summed E-state index contributed by atoms with van der Waals surface area (Å²) >= 11 is 0. The van der Waals surface area contributed by atoms with E-state index in [2.05, 4.69) is 10.2 Å². The van der Waals surface area contributed by atoms with E-state index in [-0.39, 0.29) is 11.1 Å². The van der Waals surface area contributed by atoms with Crippen LogP contribution in [0.3, 0.4) is 0 Å². The molecule has 0 aromatic carbocycles. The van der Waals surface area contributed by atoms with Gasteiger partial charge in [-0.2, -0.15) is 5.26 Å². The Morgan fingerprint density at radius 1 is 1.12 bits per heavy atom. The monoisotopic (exact) mass is 361 g/mol. The Morgan fingerprint density at radius 3 is 2.38 bits per heavy atom. The number of nitrogens with one attached hydrogen (secondary N) is 1. The molecule has 8 heteroatoms. The summed E-state index contributed by atoms with van der Waals surface area (Å²) in [7, 11) is 2.98. The molecule has 26 heavy (non-hydrogen) atoms. The second-order valence-electron chi connectivity index (χ2n) is 7.28. The molecule has 1 N–H and O–H groups in total. The fourth-order valence-electron chi connectivity index (χ4n) is 4.25. The first-order chi connectivity index (χ1) is 12.5. The van der Waals surface area contributed by atoms with Crippen LogP contribution < -0.4 is 16.6 Å². The molecule has 0 spiro atoms. The molecule has 8 nitrogen and oxygen atoms in total. The highest BCUT2D eigenvalue weighted by Gasteiger charge is 2.38. The van der Waals surface area contributed by atoms with Crippen molar-refractivity contribution in [1.29, 1.82) is 5.26 Å². The Balaban J connectivity index is 1.92. The van der Waals surface area contributed by atoms with E-state index in [0.717, 1.165) is 43.7 Å². The van der Waals surface area contributed by atoms with Crippen molar-refractivity contribution in [1.82, 2.24) is 14.0 Å². The fourth-order valence-corrected chi connectivity index (χ4v) is 4.25. The number of ether oxygens (including phenoxy) is 1. The van der Waals surface area contributed by atoms with Crippen LogP contribution in [0.15, 0.2) is 9.59 Å². The topological polar surface area (TPSA) is 92.3 Å². The van der Waals surface area contributed by atoms with Crippen LogP contribution in [-0.4, -0.2) is 52.4 Å². The lowest BCUT2D eigenvalue weighted by atomic mass is 9.79. The highest BCUT2D eigenvalue weighted by Crippen LogP contribution is 2.34. The van der Waals surface area contributed by atoms with Crippen molar-refractivity contribution in [3.63, 3.8) is 0 Å². The summed E-state index contributed by atoms with van der Waals surface area (Å²) in [5.74, 6) is 0.318. The van der Waals surface area contributed by atoms with E-state index < -0.39 is 11.2 Å². The molecular weight excluding hydrogens is 334 g/mol. The van der Waals surface area contributed by atoms with E-state index in [4.69, 9.17) is 4.74 Å². The van der Waals surface area contributed by atoms with Crippen molar-refractivity contribution < 1.29 is 4.74 Å². The van der Waals surface area contributed by atoms with Gasteiger partial charge in [0.2, 0.25) is 0 Å². The number of hydrogen-bond acceptors (Lipinski definition) is 6. The van der Waals surface area contributed by atoms with Crippen molar-refractivity contribution >= 4 is 5.82 Å². The summed E-state index contributed by atoms with van der Waals surface area (Å²) in [6, 6.07) is 1.96. The summed E-state index contributed by atoms with van der Waals surface area (Å²) in [6.45, 7) is 3.86. The van der Waals surface area contributed by atoms with Gasteiger partial charge in [0.25, 0.3) is 5.56 Å². The standard InChI is InChI=1S/C18H27N5O3/c1-21-15(14(12-19)16(24)22(2)17(21)25)20-13-18(6-4-3-5-7-18)23-8-10-26-11-9-23/h20H,3-11,13H2,1-2H3. The first-order valence-electron chi connectivity index (χ1n) is 9.27. The molecule has 142 valence electrons. The second-order valence-corrected chi connectivity index (χ2v) is 7.28. The number of nitriles is 1. The maximum absolute atomic E-state index is 12.3. The van der Waals surface area contributed by atoms with E-state index in [1.807, 2.05) is 6.07 Å². The largest absolute Gasteiger partial charge is 0.379 e. The summed E-state index contributed by atoms with van der Waals surface area (Å²) in [6.07, 6.45) is 5.71. The highest BCUT2D eigenvalue weighted by atomic mass is 16.5. The quantitative estimate of drug-likeness (QED) is 0.835. The second kappa shape index (κ2) is 7.64. The maximum Gasteiger partial charge on any atom is 0.332 e. The number of nitrogens with zero attached hydrogens (tertiary/aromatic N) is 4. The molecule has 1 aromatic rings. The number of morpholine rings is 1. The van der Waals surface area contributed by atoms with E-state index in [1.54, 1.807) is 7.05 Å². The molecule has 2 aliphatic rings. The molecule has 0 radical (unpaired) electrons. The zero-order chi connectivity index (χ0) is 18.7. The van der Waals surface area contributed by atoms with Crippen LogP contribution in [0.25, 0.3) is 0 Å². The Kier molecular flexibility index (Phi) is 5.49. The van der Waals surface area contributed by atoms with Crippen LogP contribution in [0.1, 0.15) is 37.7 Å². The number of hydrogen-bond donors (Lipinski definition) is 1. The third-order valence-electron chi connectivity index (χ3n) is 5.83. The first-order valence-corrected chi connectivity index (χ1v) is 9.27. The van der Waals surface area contributed by atoms with Gasteiger partial charge in [0.1, 0.15) is 11.9 Å². The van der Waals surface area contributed by atoms with Crippen LogP contribution >= 0.6 is 0 Å². The van der Waals surface area contributed by atoms with Crippen molar-refractivity contribution in [2.24, 2.45) is 14.1 Å². The Hall–Kier alpha value is -2.11. The predicted molar refractivity (Wildman–Crippen MR) is 98.3 cm³/mol. The minimum absolute atomic E-state index is 0.0115. The summed E-state index contributed by atoms with van der Waals surface area (Å²) < 4.78 is 7.84. The minimum atomic E-state index is -0.554. The smallest absolute Gasteiger partial charge is 0.332 e. The van der Waals surface area contributed by atoms with Crippen LogP contribution in [0, 0.1) is 11.3 Å². The number of rotatable bonds is 4. The van der Waals surface area contributed by atoms with Gasteiger partial charge in [-0.15, -0.1) is 0 Å². The molecule has 0 amide bonds. The molecular formula is C18H27N5O3. The Bertz CT molecular complexity index is 808. The molecule has 1 aliphatic carbocycles. The minimum Gasteiger partial charge on any atom is -0.379 e. The number of aromatic nitrogens is 2. The van der Waals surface area contributed by atoms with E-state index in [0.29, 0.717) is 12.4 Å². The summed E-state index contributed by atoms with van der Waals surface area (Å²) in [5.41, 5.74) is -1.02. The molecule has 1 aliphatic heterocycles. The van der Waals surface area contributed by atoms with E-state index >= 15 is 0 Å². The van der Waals surface area contributed by atoms with Gasteiger partial charge >= 0.3 is 5.69 Å². The molecule has 2 fully saturated rings. The van der Waals surface area contributed by atoms with Crippen LogP contribution in [-0.2, 0) is 18.8 Å². The van der Waals surface area contributed by atoms with Gasteiger partial charge in [0.15, 0.2) is 5.56 Å². The molecule has 1 saturated heterocycles. The molecule has 0 bridgehead atoms. The molecule has 3 rings (SSSR count). The predicted octanol–water partition coefficient (Wildman–Crippen LogP) is 0.403. The van der Waals surface area contributed by atoms with Gasteiger partial charge in [-0.1, -0.05) is 19.3 Å². The van der Waals surface area contributed by atoms with Gasteiger partial charge in [-0.25, -0.2) is 4.79 Å². The van der Waals surface area contributed by atoms with Crippen LogP contribution in [0.2, 0.25) is 0 Å². The van der Waals surface area contributed by atoms with Gasteiger partial charge in [0, 0.05) is 39.3 Å². The average molecular weight is 361 g/mol. The lowest BCUT2D eigenvalue weighted by molar-refractivity contribution is -0.0319. The first kappa shape index (κ1) is 18.7. The maximum atomic E-state index is 12.3. The zero-order valence-electron chi connectivity index (χ0n) is 15.6. The Labute approximate surface area is 153 Å². The van der Waals surface area contributed by atoms with Crippen LogP contribution in [0.5, 0.6) is 0 Å². The third-order valence-corrected chi connectivity index (χ3v) is 5.83.